The van der Waals surface area contributed by atoms with Gasteiger partial charge in [-0.3, -0.25) is 0 Å². The van der Waals surface area contributed by atoms with Gasteiger partial charge in [-0.2, -0.15) is 8.75 Å². The smallest absolute Gasteiger partial charge is 0.124 e. The van der Waals surface area contributed by atoms with Crippen molar-refractivity contribution in [2.75, 3.05) is 0 Å². The zero-order chi connectivity index (χ0) is 13.1. The summed E-state index contributed by atoms with van der Waals surface area (Å²) < 4.78 is 7.96. The molecule has 19 heavy (non-hydrogen) atoms. The predicted molar refractivity (Wildman–Crippen MR) is 75.8 cm³/mol. The SMILES string of the molecule is OC(c1ccc(-c2ccccc2)cc1)c1cnsn1. The van der Waals surface area contributed by atoms with Crippen molar-refractivity contribution < 1.29 is 5.11 Å². The van der Waals surface area contributed by atoms with E-state index in [1.165, 1.54) is 5.56 Å². The monoisotopic (exact) mass is 268 g/mol. The summed E-state index contributed by atoms with van der Waals surface area (Å²) in [6, 6.07) is 18.0. The molecule has 4 heteroatoms. The van der Waals surface area contributed by atoms with Gasteiger partial charge >= 0.3 is 0 Å². The fourth-order valence-corrected chi connectivity index (χ4v) is 2.40. The molecule has 3 aromatic rings. The zero-order valence-corrected chi connectivity index (χ0v) is 10.9. The Kier molecular flexibility index (Phi) is 3.35. The van der Waals surface area contributed by atoms with Crippen LogP contribution in [0.1, 0.15) is 17.4 Å². The van der Waals surface area contributed by atoms with Crippen molar-refractivity contribution in [3.8, 4) is 11.1 Å². The van der Waals surface area contributed by atoms with Crippen molar-refractivity contribution in [3.63, 3.8) is 0 Å². The van der Waals surface area contributed by atoms with Crippen molar-refractivity contribution in [2.24, 2.45) is 0 Å². The van der Waals surface area contributed by atoms with Crippen molar-refractivity contribution in [3.05, 3.63) is 72.1 Å². The predicted octanol–water partition coefficient (Wildman–Crippen LogP) is 3.29. The Bertz CT molecular complexity index is 636. The molecule has 0 bridgehead atoms. The highest BCUT2D eigenvalue weighted by atomic mass is 32.1. The van der Waals surface area contributed by atoms with Gasteiger partial charge in [0.05, 0.1) is 17.9 Å². The van der Waals surface area contributed by atoms with E-state index >= 15 is 0 Å². The van der Waals surface area contributed by atoms with Crippen LogP contribution in [0.25, 0.3) is 11.1 Å². The van der Waals surface area contributed by atoms with Crippen LogP contribution in [-0.4, -0.2) is 13.9 Å². The van der Waals surface area contributed by atoms with Crippen molar-refractivity contribution in [1.29, 1.82) is 0 Å². The van der Waals surface area contributed by atoms with E-state index in [0.717, 1.165) is 22.9 Å². The second-order valence-electron chi connectivity index (χ2n) is 4.22. The highest BCUT2D eigenvalue weighted by Gasteiger charge is 2.12. The molecule has 94 valence electrons. The third-order valence-corrected chi connectivity index (χ3v) is 3.48. The van der Waals surface area contributed by atoms with Gasteiger partial charge in [-0.15, -0.1) is 0 Å². The van der Waals surface area contributed by atoms with Crippen molar-refractivity contribution in [2.45, 2.75) is 6.10 Å². The van der Waals surface area contributed by atoms with Gasteiger partial charge in [0, 0.05) is 0 Å². The van der Waals surface area contributed by atoms with Gasteiger partial charge in [0.15, 0.2) is 0 Å². The zero-order valence-electron chi connectivity index (χ0n) is 10.1. The van der Waals surface area contributed by atoms with Crippen molar-refractivity contribution >= 4 is 11.7 Å². The minimum Gasteiger partial charge on any atom is -0.382 e. The molecule has 0 aliphatic rings. The Morgan fingerprint density at radius 3 is 2.21 bits per heavy atom. The Hall–Kier alpha value is -2.04. The van der Waals surface area contributed by atoms with Crippen molar-refractivity contribution in [1.82, 2.24) is 8.75 Å². The van der Waals surface area contributed by atoms with Crippen LogP contribution in [0.2, 0.25) is 0 Å². The maximum atomic E-state index is 10.1. The van der Waals surface area contributed by atoms with Crippen LogP contribution in [-0.2, 0) is 0 Å². The van der Waals surface area contributed by atoms with Crippen LogP contribution in [0.4, 0.5) is 0 Å². The van der Waals surface area contributed by atoms with E-state index in [1.54, 1.807) is 6.20 Å². The maximum absolute atomic E-state index is 10.1. The third-order valence-electron chi connectivity index (χ3n) is 2.99. The molecule has 0 saturated carbocycles. The molecular weight excluding hydrogens is 256 g/mol. The molecule has 0 fully saturated rings. The molecule has 1 atom stereocenters. The summed E-state index contributed by atoms with van der Waals surface area (Å²) in [6.45, 7) is 0. The van der Waals surface area contributed by atoms with E-state index in [0.29, 0.717) is 5.69 Å². The maximum Gasteiger partial charge on any atom is 0.124 e. The number of aliphatic hydroxyl groups is 1. The first-order valence-corrected chi connectivity index (χ1v) is 6.68. The number of aliphatic hydroxyl groups excluding tert-OH is 1. The standard InChI is InChI=1S/C15H12N2OS/c18-15(14-10-16-19-17-14)13-8-6-12(7-9-13)11-4-2-1-3-5-11/h1-10,15,18H. The average molecular weight is 268 g/mol. The van der Waals surface area contributed by atoms with Gasteiger partial charge in [-0.1, -0.05) is 54.6 Å². The van der Waals surface area contributed by atoms with Crippen LogP contribution >= 0.6 is 11.7 Å². The fraction of sp³-hybridized carbons (Fsp3) is 0.0667. The van der Waals surface area contributed by atoms with Gasteiger partial charge in [0.2, 0.25) is 0 Å². The molecule has 3 rings (SSSR count). The molecule has 0 aliphatic carbocycles. The number of nitrogens with zero attached hydrogens (tertiary/aromatic N) is 2. The molecule has 0 aliphatic heterocycles. The molecule has 3 nitrogen and oxygen atoms in total. The first-order valence-electron chi connectivity index (χ1n) is 5.95. The third kappa shape index (κ3) is 2.54. The summed E-state index contributed by atoms with van der Waals surface area (Å²) in [5.74, 6) is 0. The largest absolute Gasteiger partial charge is 0.382 e. The first kappa shape index (κ1) is 12.0. The van der Waals surface area contributed by atoms with Crippen LogP contribution < -0.4 is 0 Å². The summed E-state index contributed by atoms with van der Waals surface area (Å²) in [6.07, 6.45) is 0.893. The van der Waals surface area contributed by atoms with Crippen LogP contribution in [0.3, 0.4) is 0 Å². The Balaban J connectivity index is 1.87. The van der Waals surface area contributed by atoms with Gasteiger partial charge in [0.1, 0.15) is 11.8 Å². The molecule has 1 aromatic heterocycles. The lowest BCUT2D eigenvalue weighted by molar-refractivity contribution is 0.216. The normalized spacial score (nSPS) is 12.3. The molecule has 1 unspecified atom stereocenters. The Morgan fingerprint density at radius 2 is 1.58 bits per heavy atom. The van der Waals surface area contributed by atoms with E-state index in [2.05, 4.69) is 20.9 Å². The van der Waals surface area contributed by atoms with E-state index in [4.69, 9.17) is 0 Å². The molecule has 0 radical (unpaired) electrons. The average Bonchev–Trinajstić information content (AvgIpc) is 3.02. The second kappa shape index (κ2) is 5.30. The summed E-state index contributed by atoms with van der Waals surface area (Å²) in [7, 11) is 0. The molecule has 0 spiro atoms. The first-order chi connectivity index (χ1) is 9.34. The summed E-state index contributed by atoms with van der Waals surface area (Å²) in [5, 5.41) is 10.1. The van der Waals surface area contributed by atoms with E-state index in [1.807, 2.05) is 42.5 Å². The molecule has 0 saturated heterocycles. The fourth-order valence-electron chi connectivity index (χ4n) is 1.95. The van der Waals surface area contributed by atoms with Crippen LogP contribution in [0, 0.1) is 0 Å². The van der Waals surface area contributed by atoms with Gasteiger partial charge in [-0.05, 0) is 16.7 Å². The molecule has 1 heterocycles. The lowest BCUT2D eigenvalue weighted by Crippen LogP contribution is -1.99. The highest BCUT2D eigenvalue weighted by Crippen LogP contribution is 2.24. The second-order valence-corrected chi connectivity index (χ2v) is 4.78. The molecular formula is C15H12N2OS. The van der Waals surface area contributed by atoms with Gasteiger partial charge in [-0.25, -0.2) is 0 Å². The number of hydrogen-bond acceptors (Lipinski definition) is 4. The number of rotatable bonds is 3. The van der Waals surface area contributed by atoms with E-state index in [9.17, 15) is 5.11 Å². The van der Waals surface area contributed by atoms with Gasteiger partial charge < -0.3 is 5.11 Å². The minimum atomic E-state index is -0.705. The van der Waals surface area contributed by atoms with Crippen LogP contribution in [0.5, 0.6) is 0 Å². The van der Waals surface area contributed by atoms with E-state index in [-0.39, 0.29) is 0 Å². The highest BCUT2D eigenvalue weighted by molar-refractivity contribution is 6.99. The lowest BCUT2D eigenvalue weighted by atomic mass is 10.0. The number of aromatic nitrogens is 2. The summed E-state index contributed by atoms with van der Waals surface area (Å²) in [5.41, 5.74) is 3.72. The van der Waals surface area contributed by atoms with Gasteiger partial charge in [0.25, 0.3) is 0 Å². The number of benzene rings is 2. The van der Waals surface area contributed by atoms with E-state index < -0.39 is 6.10 Å². The van der Waals surface area contributed by atoms with Crippen LogP contribution in [0.15, 0.2) is 60.8 Å². The number of hydrogen-bond donors (Lipinski definition) is 1. The lowest BCUT2D eigenvalue weighted by Gasteiger charge is -2.08. The Labute approximate surface area is 115 Å². The summed E-state index contributed by atoms with van der Waals surface area (Å²) in [4.78, 5) is 0. The molecule has 0 amide bonds. The minimum absolute atomic E-state index is 0.595. The Morgan fingerprint density at radius 1 is 0.895 bits per heavy atom. The quantitative estimate of drug-likeness (QED) is 0.793. The molecule has 1 N–H and O–H groups in total. The topological polar surface area (TPSA) is 46.0 Å². The molecule has 2 aromatic carbocycles. The summed E-state index contributed by atoms with van der Waals surface area (Å²) >= 11 is 1.10.